The minimum Gasteiger partial charge on any atom is -0.343 e. The number of hydrogen-bond acceptors (Lipinski definition) is 5. The van der Waals surface area contributed by atoms with E-state index in [-0.39, 0.29) is 0 Å². The highest BCUT2D eigenvalue weighted by Gasteiger charge is 2.59. The molecule has 0 spiro atoms. The normalized spacial score (nSPS) is 36.4. The van der Waals surface area contributed by atoms with Crippen molar-refractivity contribution in [2.24, 2.45) is 46.2 Å². The summed E-state index contributed by atoms with van der Waals surface area (Å²) in [6, 6.07) is 0.728. The summed E-state index contributed by atoms with van der Waals surface area (Å²) >= 11 is 0. The van der Waals surface area contributed by atoms with Crippen LogP contribution in [0.3, 0.4) is 0 Å². The van der Waals surface area contributed by atoms with Gasteiger partial charge < -0.3 is 26.6 Å². The summed E-state index contributed by atoms with van der Waals surface area (Å²) < 4.78 is 0. The quantitative estimate of drug-likeness (QED) is 0.171. The molecule has 4 saturated carbocycles. The Morgan fingerprint density at radius 3 is 2.24 bits per heavy atom. The van der Waals surface area contributed by atoms with E-state index in [4.69, 9.17) is 5.73 Å². The van der Waals surface area contributed by atoms with Crippen molar-refractivity contribution in [2.75, 3.05) is 52.4 Å². The van der Waals surface area contributed by atoms with Crippen LogP contribution in [0.15, 0.2) is 0 Å². The number of fused-ring (bicyclic) bond motifs is 5. The van der Waals surface area contributed by atoms with E-state index < -0.39 is 0 Å². The third kappa shape index (κ3) is 7.88. The highest BCUT2D eigenvalue weighted by molar-refractivity contribution is 5.76. The van der Waals surface area contributed by atoms with Crippen molar-refractivity contribution >= 4 is 5.91 Å². The molecule has 0 radical (unpaired) electrons. The molecule has 0 aliphatic heterocycles. The fourth-order valence-corrected chi connectivity index (χ4v) is 10.4. The molecule has 0 aromatic carbocycles. The molecule has 238 valence electrons. The molecule has 0 heterocycles. The second-order valence-corrected chi connectivity index (χ2v) is 14.9. The van der Waals surface area contributed by atoms with Crippen LogP contribution in [0.25, 0.3) is 0 Å². The van der Waals surface area contributed by atoms with Crippen molar-refractivity contribution in [3.8, 4) is 0 Å². The van der Waals surface area contributed by atoms with Crippen LogP contribution >= 0.6 is 0 Å². The van der Waals surface area contributed by atoms with Gasteiger partial charge >= 0.3 is 0 Å². The first kappa shape index (κ1) is 33.2. The van der Waals surface area contributed by atoms with Crippen molar-refractivity contribution < 1.29 is 4.79 Å². The Hall–Kier alpha value is -0.690. The molecule has 4 rings (SSSR count). The van der Waals surface area contributed by atoms with Gasteiger partial charge in [-0.2, -0.15) is 0 Å². The zero-order chi connectivity index (χ0) is 29.3. The molecule has 0 bridgehead atoms. The van der Waals surface area contributed by atoms with Crippen LogP contribution in [0.2, 0.25) is 0 Å². The van der Waals surface area contributed by atoms with Gasteiger partial charge in [0.1, 0.15) is 0 Å². The second-order valence-electron chi connectivity index (χ2n) is 14.9. The zero-order valence-electron chi connectivity index (χ0n) is 27.5. The fourth-order valence-electron chi connectivity index (χ4n) is 10.4. The first-order chi connectivity index (χ1) is 19.9. The van der Waals surface area contributed by atoms with Crippen LogP contribution in [0.1, 0.15) is 118 Å². The van der Waals surface area contributed by atoms with E-state index in [1.807, 2.05) is 4.90 Å². The van der Waals surface area contributed by atoms with Crippen molar-refractivity contribution in [3.05, 3.63) is 0 Å². The third-order valence-corrected chi connectivity index (χ3v) is 12.9. The summed E-state index contributed by atoms with van der Waals surface area (Å²) in [5, 5.41) is 11.0. The molecule has 5 N–H and O–H groups in total. The zero-order valence-corrected chi connectivity index (χ0v) is 27.5. The van der Waals surface area contributed by atoms with E-state index in [1.54, 1.807) is 0 Å². The minimum absolute atomic E-state index is 0.369. The van der Waals surface area contributed by atoms with Crippen molar-refractivity contribution in [3.63, 3.8) is 0 Å². The third-order valence-electron chi connectivity index (χ3n) is 12.9. The first-order valence-corrected chi connectivity index (χ1v) is 18.0. The lowest BCUT2D eigenvalue weighted by Crippen LogP contribution is -2.55. The fraction of sp³-hybridized carbons (Fsp3) is 0.971. The lowest BCUT2D eigenvalue weighted by Gasteiger charge is -2.61. The molecule has 4 fully saturated rings. The Morgan fingerprint density at radius 1 is 0.805 bits per heavy atom. The summed E-state index contributed by atoms with van der Waals surface area (Å²) in [6.07, 6.45) is 18.3. The predicted octanol–water partition coefficient (Wildman–Crippen LogP) is 5.56. The van der Waals surface area contributed by atoms with Gasteiger partial charge in [-0.1, -0.05) is 13.8 Å². The van der Waals surface area contributed by atoms with Gasteiger partial charge in [0.25, 0.3) is 0 Å². The topological polar surface area (TPSA) is 82.4 Å². The Balaban J connectivity index is 1.19. The van der Waals surface area contributed by atoms with E-state index in [2.05, 4.69) is 43.6 Å². The summed E-state index contributed by atoms with van der Waals surface area (Å²) in [5.74, 6) is 4.96. The Labute approximate surface area is 253 Å². The minimum atomic E-state index is 0.369. The standard InChI is InChI=1S/C35H67N5O/c1-5-40(6-2)33(41)11-7-10-27-13-15-31-30-14-12-28-26-29(39-23-9-22-38-25-24-37-21-8-20-36)16-18-35(28,4)32(30)17-19-34(27,31)3/h27-32,37-39H,5-26,36H2,1-4H3. The molecule has 6 nitrogen and oxygen atoms in total. The molecule has 0 saturated heterocycles. The molecule has 0 aromatic rings. The van der Waals surface area contributed by atoms with Crippen LogP contribution in [0.4, 0.5) is 0 Å². The van der Waals surface area contributed by atoms with Crippen LogP contribution in [-0.4, -0.2) is 69.2 Å². The average molecular weight is 574 g/mol. The molecule has 0 aromatic heterocycles. The van der Waals surface area contributed by atoms with E-state index in [0.29, 0.717) is 16.7 Å². The number of nitrogens with zero attached hydrogens (tertiary/aromatic N) is 1. The molecule has 4 aliphatic carbocycles. The van der Waals surface area contributed by atoms with Crippen LogP contribution < -0.4 is 21.7 Å². The van der Waals surface area contributed by atoms with Crippen LogP contribution in [0, 0.1) is 40.4 Å². The lowest BCUT2D eigenvalue weighted by molar-refractivity contribution is -0.131. The van der Waals surface area contributed by atoms with Gasteiger partial charge in [0.05, 0.1) is 0 Å². The van der Waals surface area contributed by atoms with Crippen molar-refractivity contribution in [2.45, 2.75) is 124 Å². The maximum Gasteiger partial charge on any atom is 0.222 e. The largest absolute Gasteiger partial charge is 0.343 e. The lowest BCUT2D eigenvalue weighted by atomic mass is 9.44. The van der Waals surface area contributed by atoms with Crippen LogP contribution in [0.5, 0.6) is 0 Å². The van der Waals surface area contributed by atoms with Crippen molar-refractivity contribution in [1.29, 1.82) is 0 Å². The van der Waals surface area contributed by atoms with Gasteiger partial charge in [-0.25, -0.2) is 0 Å². The number of nitrogens with one attached hydrogen (secondary N) is 3. The summed E-state index contributed by atoms with van der Waals surface area (Å²) in [5.41, 5.74) is 6.64. The number of carbonyl (C=O) groups is 1. The predicted molar refractivity (Wildman–Crippen MR) is 173 cm³/mol. The van der Waals surface area contributed by atoms with Gasteiger partial charge in [0.2, 0.25) is 5.91 Å². The summed E-state index contributed by atoms with van der Waals surface area (Å²) in [4.78, 5) is 14.6. The molecule has 4 aliphatic rings. The van der Waals surface area contributed by atoms with Crippen LogP contribution in [-0.2, 0) is 4.79 Å². The van der Waals surface area contributed by atoms with E-state index in [1.165, 1.54) is 70.6 Å². The average Bonchev–Trinajstić information content (AvgIpc) is 3.31. The van der Waals surface area contributed by atoms with Crippen molar-refractivity contribution in [1.82, 2.24) is 20.9 Å². The highest BCUT2D eigenvalue weighted by Crippen LogP contribution is 2.67. The molecule has 1 amide bonds. The van der Waals surface area contributed by atoms with Gasteiger partial charge in [0, 0.05) is 38.6 Å². The summed E-state index contributed by atoms with van der Waals surface area (Å²) in [6.45, 7) is 17.4. The first-order valence-electron chi connectivity index (χ1n) is 18.0. The molecule has 8 unspecified atom stereocenters. The Kier molecular flexibility index (Phi) is 12.8. The van der Waals surface area contributed by atoms with E-state index in [9.17, 15) is 4.79 Å². The number of carbonyl (C=O) groups excluding carboxylic acids is 1. The number of hydrogen-bond donors (Lipinski definition) is 4. The second kappa shape index (κ2) is 15.9. The SMILES string of the molecule is CCN(CC)C(=O)CCCC1CCC2C3CCC4CC(NCCCNCCNCCCN)CCC4(C)C3CCC12C. The number of rotatable bonds is 17. The monoisotopic (exact) mass is 574 g/mol. The maximum absolute atomic E-state index is 12.6. The molecular weight excluding hydrogens is 506 g/mol. The number of amides is 1. The number of nitrogens with two attached hydrogens (primary N) is 1. The van der Waals surface area contributed by atoms with E-state index >= 15 is 0 Å². The summed E-state index contributed by atoms with van der Waals surface area (Å²) in [7, 11) is 0. The molecular formula is C35H67N5O. The van der Waals surface area contributed by atoms with Gasteiger partial charge in [-0.05, 0) is 164 Å². The van der Waals surface area contributed by atoms with E-state index in [0.717, 1.165) is 107 Å². The van der Waals surface area contributed by atoms with Gasteiger partial charge in [-0.3, -0.25) is 4.79 Å². The Morgan fingerprint density at radius 2 is 1.51 bits per heavy atom. The van der Waals surface area contributed by atoms with Gasteiger partial charge in [-0.15, -0.1) is 0 Å². The highest BCUT2D eigenvalue weighted by atomic mass is 16.2. The Bertz CT molecular complexity index is 789. The smallest absolute Gasteiger partial charge is 0.222 e. The van der Waals surface area contributed by atoms with Gasteiger partial charge in [0.15, 0.2) is 0 Å². The molecule has 6 heteroatoms. The molecule has 8 atom stereocenters. The molecule has 41 heavy (non-hydrogen) atoms. The maximum atomic E-state index is 12.6.